The highest BCUT2D eigenvalue weighted by molar-refractivity contribution is 7.07. The molecular formula is C12H20N2O2S. The van der Waals surface area contributed by atoms with E-state index >= 15 is 0 Å². The molecule has 0 saturated heterocycles. The first-order valence-corrected chi connectivity index (χ1v) is 6.74. The van der Waals surface area contributed by atoms with Crippen molar-refractivity contribution < 1.29 is 9.53 Å². The van der Waals surface area contributed by atoms with Crippen LogP contribution in [0.4, 0.5) is 0 Å². The van der Waals surface area contributed by atoms with E-state index in [4.69, 9.17) is 4.74 Å². The second-order valence-corrected chi connectivity index (χ2v) is 4.53. The molecule has 0 aliphatic heterocycles. The molecule has 4 nitrogen and oxygen atoms in total. The van der Waals surface area contributed by atoms with Gasteiger partial charge in [0.05, 0.1) is 6.54 Å². The second kappa shape index (κ2) is 9.15. The Labute approximate surface area is 106 Å². The van der Waals surface area contributed by atoms with Crippen molar-refractivity contribution in [2.75, 3.05) is 33.4 Å². The Hall–Kier alpha value is -0.910. The summed E-state index contributed by atoms with van der Waals surface area (Å²) in [5, 5.41) is 10.2. The molecule has 1 rings (SSSR count). The lowest BCUT2D eigenvalue weighted by atomic mass is 10.2. The average molecular weight is 256 g/mol. The van der Waals surface area contributed by atoms with E-state index in [1.807, 2.05) is 0 Å². The van der Waals surface area contributed by atoms with Crippen molar-refractivity contribution in [3.63, 3.8) is 0 Å². The minimum atomic E-state index is 0.0476. The van der Waals surface area contributed by atoms with E-state index in [1.165, 1.54) is 5.56 Å². The number of nitrogens with one attached hydrogen (secondary N) is 2. The maximum atomic E-state index is 11.4. The van der Waals surface area contributed by atoms with E-state index in [0.717, 1.165) is 19.4 Å². The van der Waals surface area contributed by atoms with E-state index in [0.29, 0.717) is 19.7 Å². The first kappa shape index (κ1) is 14.2. The van der Waals surface area contributed by atoms with Gasteiger partial charge in [0.2, 0.25) is 5.91 Å². The number of carbonyl (C=O) groups is 1. The lowest BCUT2D eigenvalue weighted by Crippen LogP contribution is -2.35. The van der Waals surface area contributed by atoms with Crippen LogP contribution >= 0.6 is 11.3 Å². The van der Waals surface area contributed by atoms with Crippen molar-refractivity contribution >= 4 is 17.2 Å². The van der Waals surface area contributed by atoms with Gasteiger partial charge in [-0.05, 0) is 41.8 Å². The van der Waals surface area contributed by atoms with Crippen molar-refractivity contribution in [2.24, 2.45) is 0 Å². The molecule has 0 radical (unpaired) electrons. The highest BCUT2D eigenvalue weighted by atomic mass is 32.1. The summed E-state index contributed by atoms with van der Waals surface area (Å²) in [7, 11) is 1.66. The maximum absolute atomic E-state index is 11.4. The Kier molecular flexibility index (Phi) is 7.62. The van der Waals surface area contributed by atoms with Gasteiger partial charge in [0.1, 0.15) is 0 Å². The van der Waals surface area contributed by atoms with E-state index in [2.05, 4.69) is 27.5 Å². The summed E-state index contributed by atoms with van der Waals surface area (Å²) in [4.78, 5) is 11.4. The van der Waals surface area contributed by atoms with Gasteiger partial charge in [0, 0.05) is 20.3 Å². The number of methoxy groups -OCH3 is 1. The molecule has 1 amide bonds. The number of ether oxygens (including phenoxy) is 1. The Morgan fingerprint density at radius 1 is 1.47 bits per heavy atom. The van der Waals surface area contributed by atoms with Crippen molar-refractivity contribution in [1.82, 2.24) is 10.6 Å². The summed E-state index contributed by atoms with van der Waals surface area (Å²) in [6.45, 7) is 2.59. The van der Waals surface area contributed by atoms with Crippen LogP contribution in [0.5, 0.6) is 0 Å². The molecule has 1 heterocycles. The molecule has 0 bridgehead atoms. The topological polar surface area (TPSA) is 50.4 Å². The van der Waals surface area contributed by atoms with Crippen LogP contribution in [0, 0.1) is 0 Å². The standard InChI is InChI=1S/C12H20N2O2S/c1-16-7-2-5-14-12(15)9-13-6-3-11-4-8-17-10-11/h4,8,10,13H,2-3,5-7,9H2,1H3,(H,14,15). The Bertz CT molecular complexity index is 301. The van der Waals surface area contributed by atoms with Crippen LogP contribution in [0.2, 0.25) is 0 Å². The zero-order valence-corrected chi connectivity index (χ0v) is 11.0. The highest BCUT2D eigenvalue weighted by Crippen LogP contribution is 2.05. The van der Waals surface area contributed by atoms with E-state index < -0.39 is 0 Å². The third-order valence-electron chi connectivity index (χ3n) is 2.30. The fraction of sp³-hybridized carbons (Fsp3) is 0.583. The van der Waals surface area contributed by atoms with Crippen LogP contribution in [0.1, 0.15) is 12.0 Å². The number of hydrogen-bond acceptors (Lipinski definition) is 4. The molecule has 0 spiro atoms. The zero-order chi connectivity index (χ0) is 12.3. The van der Waals surface area contributed by atoms with Gasteiger partial charge >= 0.3 is 0 Å². The Morgan fingerprint density at radius 3 is 3.06 bits per heavy atom. The van der Waals surface area contributed by atoms with E-state index in [-0.39, 0.29) is 5.91 Å². The molecule has 17 heavy (non-hydrogen) atoms. The normalized spacial score (nSPS) is 10.4. The second-order valence-electron chi connectivity index (χ2n) is 3.75. The van der Waals surface area contributed by atoms with E-state index in [1.54, 1.807) is 18.4 Å². The quantitative estimate of drug-likeness (QED) is 0.649. The molecule has 2 N–H and O–H groups in total. The number of amides is 1. The van der Waals surface area contributed by atoms with Gasteiger partial charge in [-0.1, -0.05) is 0 Å². The molecule has 5 heteroatoms. The monoisotopic (exact) mass is 256 g/mol. The fourth-order valence-electron chi connectivity index (χ4n) is 1.38. The summed E-state index contributed by atoms with van der Waals surface area (Å²) < 4.78 is 4.90. The molecule has 1 aromatic rings. The minimum absolute atomic E-state index is 0.0476. The largest absolute Gasteiger partial charge is 0.385 e. The van der Waals surface area contributed by atoms with Gasteiger partial charge in [-0.3, -0.25) is 4.79 Å². The third-order valence-corrected chi connectivity index (χ3v) is 3.04. The molecule has 0 atom stereocenters. The number of carbonyl (C=O) groups excluding carboxylic acids is 1. The molecule has 0 aliphatic rings. The fourth-order valence-corrected chi connectivity index (χ4v) is 2.08. The lowest BCUT2D eigenvalue weighted by Gasteiger charge is -2.06. The lowest BCUT2D eigenvalue weighted by molar-refractivity contribution is -0.120. The van der Waals surface area contributed by atoms with E-state index in [9.17, 15) is 4.79 Å². The van der Waals surface area contributed by atoms with Crippen LogP contribution in [-0.2, 0) is 16.0 Å². The molecule has 0 aliphatic carbocycles. The number of thiophene rings is 1. The molecule has 96 valence electrons. The van der Waals surface area contributed by atoms with Crippen LogP contribution in [0.3, 0.4) is 0 Å². The zero-order valence-electron chi connectivity index (χ0n) is 10.2. The van der Waals surface area contributed by atoms with Gasteiger partial charge in [-0.25, -0.2) is 0 Å². The first-order valence-electron chi connectivity index (χ1n) is 5.80. The van der Waals surface area contributed by atoms with Crippen LogP contribution < -0.4 is 10.6 Å². The van der Waals surface area contributed by atoms with Gasteiger partial charge in [-0.15, -0.1) is 0 Å². The SMILES string of the molecule is COCCCNC(=O)CNCCc1ccsc1. The van der Waals surface area contributed by atoms with Gasteiger partial charge in [0.15, 0.2) is 0 Å². The van der Waals surface area contributed by atoms with Gasteiger partial charge in [0.25, 0.3) is 0 Å². The van der Waals surface area contributed by atoms with Crippen LogP contribution in [0.25, 0.3) is 0 Å². The Balaban J connectivity index is 1.93. The summed E-state index contributed by atoms with van der Waals surface area (Å²) in [5.41, 5.74) is 1.32. The summed E-state index contributed by atoms with van der Waals surface area (Å²) >= 11 is 1.70. The van der Waals surface area contributed by atoms with Gasteiger partial charge < -0.3 is 15.4 Å². The summed E-state index contributed by atoms with van der Waals surface area (Å²) in [6, 6.07) is 2.11. The predicted molar refractivity (Wildman–Crippen MR) is 70.4 cm³/mol. The molecule has 0 saturated carbocycles. The summed E-state index contributed by atoms with van der Waals surface area (Å²) in [6.07, 6.45) is 1.83. The van der Waals surface area contributed by atoms with Crippen molar-refractivity contribution in [3.05, 3.63) is 22.4 Å². The van der Waals surface area contributed by atoms with Crippen molar-refractivity contribution in [3.8, 4) is 0 Å². The smallest absolute Gasteiger partial charge is 0.233 e. The van der Waals surface area contributed by atoms with Crippen molar-refractivity contribution in [1.29, 1.82) is 0 Å². The number of hydrogen-bond donors (Lipinski definition) is 2. The van der Waals surface area contributed by atoms with Crippen LogP contribution in [0.15, 0.2) is 16.8 Å². The molecule has 1 aromatic heterocycles. The molecular weight excluding hydrogens is 236 g/mol. The maximum Gasteiger partial charge on any atom is 0.233 e. The summed E-state index contributed by atoms with van der Waals surface area (Å²) in [5.74, 6) is 0.0476. The van der Waals surface area contributed by atoms with Crippen molar-refractivity contribution in [2.45, 2.75) is 12.8 Å². The van der Waals surface area contributed by atoms with Crippen LogP contribution in [-0.4, -0.2) is 39.3 Å². The average Bonchev–Trinajstić information content (AvgIpc) is 2.83. The molecule has 0 fully saturated rings. The molecule has 0 unspecified atom stereocenters. The number of rotatable bonds is 9. The molecule has 0 aromatic carbocycles. The van der Waals surface area contributed by atoms with Gasteiger partial charge in [-0.2, -0.15) is 11.3 Å². The Morgan fingerprint density at radius 2 is 2.35 bits per heavy atom. The highest BCUT2D eigenvalue weighted by Gasteiger charge is 1.99. The third kappa shape index (κ3) is 7.10. The minimum Gasteiger partial charge on any atom is -0.385 e. The first-order chi connectivity index (χ1) is 8.33. The predicted octanol–water partition coefficient (Wildman–Crippen LogP) is 1.03.